The average Bonchev–Trinajstić information content (AvgIpc) is 3.22. The molecule has 1 fully saturated rings. The molecule has 172 valence electrons. The summed E-state index contributed by atoms with van der Waals surface area (Å²) in [6.45, 7) is 4.95. The Morgan fingerprint density at radius 2 is 1.94 bits per heavy atom. The molecule has 11 heteroatoms. The van der Waals surface area contributed by atoms with Crippen LogP contribution >= 0.6 is 11.8 Å². The van der Waals surface area contributed by atoms with E-state index in [-0.39, 0.29) is 17.3 Å². The average molecular weight is 469 g/mol. The summed E-state index contributed by atoms with van der Waals surface area (Å²) in [5.74, 6) is 0.567. The quantitative estimate of drug-likeness (QED) is 0.305. The number of hydrogen-bond acceptors (Lipinski definition) is 8. The van der Waals surface area contributed by atoms with Crippen LogP contribution in [0, 0.1) is 17.0 Å². The van der Waals surface area contributed by atoms with E-state index in [1.54, 1.807) is 19.1 Å². The Balaban J connectivity index is 1.48. The molecule has 4 rings (SSSR count). The topological polar surface area (TPSA) is 115 Å². The first-order valence-corrected chi connectivity index (χ1v) is 11.5. The van der Waals surface area contributed by atoms with Crippen molar-refractivity contribution in [3.05, 3.63) is 69.8 Å². The maximum Gasteiger partial charge on any atom is 0.274 e. The summed E-state index contributed by atoms with van der Waals surface area (Å²) in [7, 11) is 0. The lowest BCUT2D eigenvalue weighted by Gasteiger charge is -2.28. The Morgan fingerprint density at radius 1 is 1.18 bits per heavy atom. The Bertz CT molecular complexity index is 1130. The molecular formula is C22H24N6O4S. The minimum absolute atomic E-state index is 0.0294. The highest BCUT2D eigenvalue weighted by atomic mass is 32.2. The maximum absolute atomic E-state index is 12.5. The number of morpholine rings is 1. The normalized spacial score (nSPS) is 13.7. The summed E-state index contributed by atoms with van der Waals surface area (Å²) < 4.78 is 7.46. The summed E-state index contributed by atoms with van der Waals surface area (Å²) in [5.41, 5.74) is 2.00. The molecule has 1 aromatic heterocycles. The van der Waals surface area contributed by atoms with Gasteiger partial charge in [-0.1, -0.05) is 48.2 Å². The minimum atomic E-state index is -0.459. The fourth-order valence-electron chi connectivity index (χ4n) is 3.50. The Hall–Kier alpha value is -3.44. The van der Waals surface area contributed by atoms with Crippen molar-refractivity contribution in [2.24, 2.45) is 0 Å². The fraction of sp³-hybridized carbons (Fsp3) is 0.318. The van der Waals surface area contributed by atoms with Gasteiger partial charge in [-0.05, 0) is 18.6 Å². The van der Waals surface area contributed by atoms with Gasteiger partial charge in [0.05, 0.1) is 30.4 Å². The molecule has 2 heterocycles. The largest absolute Gasteiger partial charge is 0.378 e. The van der Waals surface area contributed by atoms with Crippen molar-refractivity contribution in [2.75, 3.05) is 42.3 Å². The van der Waals surface area contributed by atoms with E-state index in [1.165, 1.54) is 17.8 Å². The van der Waals surface area contributed by atoms with Gasteiger partial charge in [-0.25, -0.2) is 0 Å². The number of amides is 1. The van der Waals surface area contributed by atoms with Crippen molar-refractivity contribution in [3.63, 3.8) is 0 Å². The number of hydrogen-bond donors (Lipinski definition) is 1. The number of rotatable bonds is 8. The minimum Gasteiger partial charge on any atom is -0.378 e. The number of benzene rings is 2. The van der Waals surface area contributed by atoms with Crippen LogP contribution in [0.3, 0.4) is 0 Å². The molecule has 0 radical (unpaired) electrons. The molecule has 10 nitrogen and oxygen atoms in total. The van der Waals surface area contributed by atoms with Crippen molar-refractivity contribution in [1.29, 1.82) is 0 Å². The van der Waals surface area contributed by atoms with Crippen molar-refractivity contribution in [3.8, 4) is 0 Å². The molecule has 1 saturated heterocycles. The molecule has 1 N–H and O–H groups in total. The van der Waals surface area contributed by atoms with E-state index in [4.69, 9.17) is 4.74 Å². The van der Waals surface area contributed by atoms with Gasteiger partial charge in [-0.2, -0.15) is 0 Å². The number of nitrogens with one attached hydrogen (secondary N) is 1. The second kappa shape index (κ2) is 10.5. The zero-order chi connectivity index (χ0) is 23.2. The molecule has 0 saturated carbocycles. The fourth-order valence-corrected chi connectivity index (χ4v) is 4.23. The molecule has 0 unspecified atom stereocenters. The lowest BCUT2D eigenvalue weighted by Crippen LogP contribution is -2.38. The lowest BCUT2D eigenvalue weighted by molar-refractivity contribution is -0.385. The molecular weight excluding hydrogens is 444 g/mol. The number of nitro groups is 1. The number of aryl methyl sites for hydroxylation is 1. The van der Waals surface area contributed by atoms with Crippen molar-refractivity contribution in [1.82, 2.24) is 14.8 Å². The van der Waals surface area contributed by atoms with Crippen LogP contribution in [-0.4, -0.2) is 57.7 Å². The monoisotopic (exact) mass is 468 g/mol. The Morgan fingerprint density at radius 3 is 2.67 bits per heavy atom. The van der Waals surface area contributed by atoms with E-state index in [2.05, 4.69) is 20.4 Å². The summed E-state index contributed by atoms with van der Waals surface area (Å²) in [6.07, 6.45) is 0. The van der Waals surface area contributed by atoms with Gasteiger partial charge in [-0.15, -0.1) is 10.2 Å². The van der Waals surface area contributed by atoms with Crippen LogP contribution in [0.5, 0.6) is 0 Å². The van der Waals surface area contributed by atoms with Gasteiger partial charge < -0.3 is 15.0 Å². The number of nitrogens with zero attached hydrogens (tertiary/aromatic N) is 5. The predicted octanol–water partition coefficient (Wildman–Crippen LogP) is 3.11. The van der Waals surface area contributed by atoms with Crippen LogP contribution in [0.15, 0.2) is 53.7 Å². The van der Waals surface area contributed by atoms with Crippen LogP contribution in [0.1, 0.15) is 11.1 Å². The molecule has 2 aromatic carbocycles. The standard InChI is InChI=1S/C22H24N6O4S/c1-16-7-8-18(13-19(16)28(30)31)23-20(29)15-33-22-25-24-21(26-9-11-32-12-10-26)27(22)14-17-5-3-2-4-6-17/h2-8,13H,9-12,14-15H2,1H3,(H,23,29). The van der Waals surface area contributed by atoms with E-state index in [1.807, 2.05) is 34.9 Å². The molecule has 1 aliphatic rings. The predicted molar refractivity (Wildman–Crippen MR) is 126 cm³/mol. The molecule has 0 aliphatic carbocycles. The third-order valence-corrected chi connectivity index (χ3v) is 6.16. The molecule has 1 aliphatic heterocycles. The van der Waals surface area contributed by atoms with E-state index in [0.717, 1.165) is 24.6 Å². The first-order chi connectivity index (χ1) is 16.0. The van der Waals surface area contributed by atoms with Crippen LogP contribution in [-0.2, 0) is 16.1 Å². The lowest BCUT2D eigenvalue weighted by atomic mass is 10.2. The molecule has 33 heavy (non-hydrogen) atoms. The summed E-state index contributed by atoms with van der Waals surface area (Å²) in [4.78, 5) is 25.4. The maximum atomic E-state index is 12.5. The van der Waals surface area contributed by atoms with Crippen molar-refractivity contribution < 1.29 is 14.5 Å². The smallest absolute Gasteiger partial charge is 0.274 e. The number of carbonyl (C=O) groups excluding carboxylic acids is 1. The van der Waals surface area contributed by atoms with Crippen LogP contribution in [0.4, 0.5) is 17.3 Å². The molecule has 1 amide bonds. The zero-order valence-electron chi connectivity index (χ0n) is 18.1. The van der Waals surface area contributed by atoms with E-state index >= 15 is 0 Å². The van der Waals surface area contributed by atoms with Gasteiger partial charge >= 0.3 is 0 Å². The van der Waals surface area contributed by atoms with E-state index < -0.39 is 4.92 Å². The van der Waals surface area contributed by atoms with Crippen molar-refractivity contribution >= 4 is 35.0 Å². The number of nitro benzene ring substituents is 1. The highest BCUT2D eigenvalue weighted by Crippen LogP contribution is 2.25. The van der Waals surface area contributed by atoms with Gasteiger partial charge in [0.15, 0.2) is 5.16 Å². The van der Waals surface area contributed by atoms with Gasteiger partial charge in [0, 0.05) is 30.4 Å². The number of carbonyl (C=O) groups is 1. The van der Waals surface area contributed by atoms with E-state index in [0.29, 0.717) is 36.2 Å². The van der Waals surface area contributed by atoms with Crippen molar-refractivity contribution in [2.45, 2.75) is 18.6 Å². The third-order valence-electron chi connectivity index (χ3n) is 5.20. The van der Waals surface area contributed by atoms with Crippen LogP contribution in [0.25, 0.3) is 0 Å². The summed E-state index contributed by atoms with van der Waals surface area (Å²) in [5, 5.41) is 23.2. The van der Waals surface area contributed by atoms with Crippen LogP contribution < -0.4 is 10.2 Å². The summed E-state index contributed by atoms with van der Waals surface area (Å²) in [6, 6.07) is 14.6. The molecule has 0 bridgehead atoms. The van der Waals surface area contributed by atoms with Gasteiger partial charge in [0.1, 0.15) is 0 Å². The zero-order valence-corrected chi connectivity index (χ0v) is 19.0. The molecule has 0 spiro atoms. The Kier molecular flexibility index (Phi) is 7.20. The molecule has 0 atom stereocenters. The van der Waals surface area contributed by atoms with Gasteiger partial charge in [0.25, 0.3) is 5.69 Å². The number of anilines is 2. The number of ether oxygens (including phenoxy) is 1. The first kappa shape index (κ1) is 22.7. The number of thioether (sulfide) groups is 1. The highest BCUT2D eigenvalue weighted by Gasteiger charge is 2.21. The molecule has 3 aromatic rings. The van der Waals surface area contributed by atoms with Crippen LogP contribution in [0.2, 0.25) is 0 Å². The summed E-state index contributed by atoms with van der Waals surface area (Å²) >= 11 is 1.28. The highest BCUT2D eigenvalue weighted by molar-refractivity contribution is 7.99. The first-order valence-electron chi connectivity index (χ1n) is 10.5. The second-order valence-corrected chi connectivity index (χ2v) is 8.49. The third kappa shape index (κ3) is 5.68. The number of aromatic nitrogens is 3. The second-order valence-electron chi connectivity index (χ2n) is 7.55. The van der Waals surface area contributed by atoms with Gasteiger partial charge in [-0.3, -0.25) is 19.5 Å². The Labute approximate surface area is 195 Å². The SMILES string of the molecule is Cc1ccc(NC(=O)CSc2nnc(N3CCOCC3)n2Cc2ccccc2)cc1[N+](=O)[O-]. The van der Waals surface area contributed by atoms with Gasteiger partial charge in [0.2, 0.25) is 11.9 Å². The van der Waals surface area contributed by atoms with E-state index in [9.17, 15) is 14.9 Å².